The fourth-order valence-corrected chi connectivity index (χ4v) is 1.87. The number of ether oxygens (including phenoxy) is 1. The quantitative estimate of drug-likeness (QED) is 0.898. The third-order valence-electron chi connectivity index (χ3n) is 3.10. The lowest BCUT2D eigenvalue weighted by atomic mass is 10.1. The van der Waals surface area contributed by atoms with E-state index in [1.54, 1.807) is 6.07 Å². The third kappa shape index (κ3) is 2.32. The lowest BCUT2D eigenvalue weighted by Crippen LogP contribution is -2.00. The van der Waals surface area contributed by atoms with Gasteiger partial charge in [0.25, 0.3) is 0 Å². The van der Waals surface area contributed by atoms with E-state index in [-0.39, 0.29) is 0 Å². The van der Waals surface area contributed by atoms with Gasteiger partial charge in [-0.2, -0.15) is 0 Å². The first-order chi connectivity index (χ1) is 8.72. The van der Waals surface area contributed by atoms with Gasteiger partial charge >= 0.3 is 0 Å². The lowest BCUT2D eigenvalue weighted by molar-refractivity contribution is 0.299. The summed E-state index contributed by atoms with van der Waals surface area (Å²) in [5, 5.41) is 3.72. The standard InChI is InChI=1S/C14H16N2O2/c1-9-2-5-12(17-8-10-3-4-10)11(6-9)13-7-14(15)16-18-13/h2,5-7,10H,3-4,8H2,1H3,(H2,15,16). The van der Waals surface area contributed by atoms with E-state index in [1.165, 1.54) is 12.8 Å². The van der Waals surface area contributed by atoms with Crippen LogP contribution < -0.4 is 10.5 Å². The second-order valence-electron chi connectivity index (χ2n) is 4.87. The third-order valence-corrected chi connectivity index (χ3v) is 3.10. The largest absolute Gasteiger partial charge is 0.493 e. The summed E-state index contributed by atoms with van der Waals surface area (Å²) in [5.74, 6) is 2.60. The molecule has 0 atom stereocenters. The van der Waals surface area contributed by atoms with Crippen molar-refractivity contribution in [2.24, 2.45) is 5.92 Å². The molecule has 18 heavy (non-hydrogen) atoms. The van der Waals surface area contributed by atoms with E-state index in [0.29, 0.717) is 11.6 Å². The molecule has 1 fully saturated rings. The van der Waals surface area contributed by atoms with E-state index in [1.807, 2.05) is 25.1 Å². The number of nitrogens with two attached hydrogens (primary N) is 1. The van der Waals surface area contributed by atoms with Crippen molar-refractivity contribution in [3.8, 4) is 17.1 Å². The molecule has 0 unspecified atom stereocenters. The number of benzene rings is 1. The fraction of sp³-hybridized carbons (Fsp3) is 0.357. The second kappa shape index (κ2) is 4.37. The summed E-state index contributed by atoms with van der Waals surface area (Å²) in [7, 11) is 0. The van der Waals surface area contributed by atoms with Crippen LogP contribution in [0.2, 0.25) is 0 Å². The number of hydrogen-bond donors (Lipinski definition) is 1. The van der Waals surface area contributed by atoms with Crippen LogP contribution in [-0.2, 0) is 0 Å². The molecule has 4 nitrogen and oxygen atoms in total. The molecule has 1 saturated carbocycles. The van der Waals surface area contributed by atoms with Gasteiger partial charge in [0.2, 0.25) is 0 Å². The van der Waals surface area contributed by atoms with Gasteiger partial charge in [0, 0.05) is 6.07 Å². The maximum Gasteiger partial charge on any atom is 0.172 e. The summed E-state index contributed by atoms with van der Waals surface area (Å²) in [5.41, 5.74) is 7.66. The van der Waals surface area contributed by atoms with Crippen LogP contribution in [0.3, 0.4) is 0 Å². The predicted octanol–water partition coefficient (Wildman–Crippen LogP) is 3.02. The Morgan fingerprint density at radius 3 is 2.89 bits per heavy atom. The van der Waals surface area contributed by atoms with Gasteiger partial charge in [-0.05, 0) is 37.8 Å². The summed E-state index contributed by atoms with van der Waals surface area (Å²) in [6, 6.07) is 7.76. The van der Waals surface area contributed by atoms with Crippen LogP contribution in [0, 0.1) is 12.8 Å². The van der Waals surface area contributed by atoms with Crippen LogP contribution in [0.25, 0.3) is 11.3 Å². The molecule has 1 aromatic carbocycles. The molecule has 0 aliphatic heterocycles. The average Bonchev–Trinajstić information content (AvgIpc) is 3.09. The van der Waals surface area contributed by atoms with Crippen molar-refractivity contribution in [3.05, 3.63) is 29.8 Å². The van der Waals surface area contributed by atoms with E-state index in [2.05, 4.69) is 5.16 Å². The lowest BCUT2D eigenvalue weighted by Gasteiger charge is -2.09. The van der Waals surface area contributed by atoms with E-state index in [4.69, 9.17) is 15.0 Å². The summed E-state index contributed by atoms with van der Waals surface area (Å²) in [6.45, 7) is 2.81. The van der Waals surface area contributed by atoms with Crippen molar-refractivity contribution in [3.63, 3.8) is 0 Å². The highest BCUT2D eigenvalue weighted by molar-refractivity contribution is 5.68. The molecule has 0 spiro atoms. The number of anilines is 1. The monoisotopic (exact) mass is 244 g/mol. The molecule has 0 saturated heterocycles. The maximum atomic E-state index is 5.85. The van der Waals surface area contributed by atoms with Crippen LogP contribution in [0.5, 0.6) is 5.75 Å². The molecular weight excluding hydrogens is 228 g/mol. The summed E-state index contributed by atoms with van der Waals surface area (Å²) >= 11 is 0. The highest BCUT2D eigenvalue weighted by Crippen LogP contribution is 2.34. The Morgan fingerprint density at radius 1 is 1.39 bits per heavy atom. The molecule has 4 heteroatoms. The normalized spacial score (nSPS) is 14.7. The molecule has 1 aromatic heterocycles. The molecule has 2 aromatic rings. The summed E-state index contributed by atoms with van der Waals surface area (Å²) in [6.07, 6.45) is 2.55. The molecule has 94 valence electrons. The zero-order valence-corrected chi connectivity index (χ0v) is 10.3. The van der Waals surface area contributed by atoms with E-state index < -0.39 is 0 Å². The van der Waals surface area contributed by atoms with Crippen molar-refractivity contribution in [1.82, 2.24) is 5.16 Å². The predicted molar refractivity (Wildman–Crippen MR) is 69.3 cm³/mol. The van der Waals surface area contributed by atoms with Gasteiger partial charge in [-0.15, -0.1) is 0 Å². The molecule has 2 N–H and O–H groups in total. The first-order valence-electron chi connectivity index (χ1n) is 6.18. The van der Waals surface area contributed by atoms with Crippen LogP contribution in [0.4, 0.5) is 5.82 Å². The van der Waals surface area contributed by atoms with E-state index >= 15 is 0 Å². The minimum atomic E-state index is 0.389. The van der Waals surface area contributed by atoms with Crippen LogP contribution in [0.15, 0.2) is 28.8 Å². The first kappa shape index (κ1) is 11.1. The van der Waals surface area contributed by atoms with Crippen LogP contribution >= 0.6 is 0 Å². The molecule has 0 amide bonds. The fourth-order valence-electron chi connectivity index (χ4n) is 1.87. The van der Waals surface area contributed by atoms with Crippen molar-refractivity contribution < 1.29 is 9.26 Å². The molecule has 0 bridgehead atoms. The van der Waals surface area contributed by atoms with Gasteiger partial charge in [0.15, 0.2) is 11.6 Å². The topological polar surface area (TPSA) is 61.3 Å². The van der Waals surface area contributed by atoms with Crippen molar-refractivity contribution in [1.29, 1.82) is 0 Å². The Hall–Kier alpha value is -1.97. The molecular formula is C14H16N2O2. The Morgan fingerprint density at radius 2 is 2.22 bits per heavy atom. The molecule has 1 heterocycles. The molecule has 1 aliphatic rings. The van der Waals surface area contributed by atoms with Crippen molar-refractivity contribution in [2.75, 3.05) is 12.3 Å². The van der Waals surface area contributed by atoms with Gasteiger partial charge in [-0.1, -0.05) is 16.8 Å². The number of hydrogen-bond acceptors (Lipinski definition) is 4. The van der Waals surface area contributed by atoms with E-state index in [0.717, 1.165) is 29.4 Å². The Kier molecular flexibility index (Phi) is 2.70. The molecule has 3 rings (SSSR count). The highest BCUT2D eigenvalue weighted by atomic mass is 16.5. The minimum absolute atomic E-state index is 0.389. The smallest absolute Gasteiger partial charge is 0.172 e. The van der Waals surface area contributed by atoms with Gasteiger partial charge in [-0.3, -0.25) is 0 Å². The maximum absolute atomic E-state index is 5.85. The van der Waals surface area contributed by atoms with Crippen LogP contribution in [0.1, 0.15) is 18.4 Å². The molecule has 1 aliphatic carbocycles. The zero-order chi connectivity index (χ0) is 12.5. The Labute approximate surface area is 106 Å². The van der Waals surface area contributed by atoms with Crippen molar-refractivity contribution >= 4 is 5.82 Å². The first-order valence-corrected chi connectivity index (χ1v) is 6.18. The van der Waals surface area contributed by atoms with Gasteiger partial charge in [0.05, 0.1) is 12.2 Å². The molecule has 0 radical (unpaired) electrons. The van der Waals surface area contributed by atoms with Crippen LogP contribution in [-0.4, -0.2) is 11.8 Å². The van der Waals surface area contributed by atoms with E-state index in [9.17, 15) is 0 Å². The second-order valence-corrected chi connectivity index (χ2v) is 4.87. The van der Waals surface area contributed by atoms with Gasteiger partial charge < -0.3 is 15.0 Å². The number of rotatable bonds is 4. The number of nitrogens with zero attached hydrogens (tertiary/aromatic N) is 1. The zero-order valence-electron chi connectivity index (χ0n) is 10.3. The number of aromatic nitrogens is 1. The minimum Gasteiger partial charge on any atom is -0.493 e. The van der Waals surface area contributed by atoms with Gasteiger partial charge in [-0.25, -0.2) is 0 Å². The van der Waals surface area contributed by atoms with Crippen molar-refractivity contribution in [2.45, 2.75) is 19.8 Å². The Balaban J connectivity index is 1.91. The Bertz CT molecular complexity index is 559. The van der Waals surface area contributed by atoms with Gasteiger partial charge in [0.1, 0.15) is 5.75 Å². The SMILES string of the molecule is Cc1ccc(OCC2CC2)c(-c2cc(N)no2)c1. The highest BCUT2D eigenvalue weighted by Gasteiger charge is 2.23. The summed E-state index contributed by atoms with van der Waals surface area (Å²) < 4.78 is 11.1. The average molecular weight is 244 g/mol. The number of nitrogen functional groups attached to an aromatic ring is 1. The summed E-state index contributed by atoms with van der Waals surface area (Å²) in [4.78, 5) is 0. The number of aryl methyl sites for hydroxylation is 1.